The first-order valence-corrected chi connectivity index (χ1v) is 9.18. The fraction of sp³-hybridized carbons (Fsp3) is 0.158. The van der Waals surface area contributed by atoms with Gasteiger partial charge in [0, 0.05) is 10.5 Å². The Balaban J connectivity index is 2.41. The van der Waals surface area contributed by atoms with Crippen LogP contribution in [0.4, 0.5) is 5.69 Å². The van der Waals surface area contributed by atoms with Gasteiger partial charge in [0.2, 0.25) is 5.12 Å². The van der Waals surface area contributed by atoms with Crippen LogP contribution in [0.3, 0.4) is 0 Å². The van der Waals surface area contributed by atoms with E-state index in [1.54, 1.807) is 7.11 Å². The van der Waals surface area contributed by atoms with E-state index >= 15 is 0 Å². The molecule has 6 heteroatoms. The largest absolute Gasteiger partial charge is 0.497 e. The molecular formula is C19H17Cl2NO2S. The molecule has 25 heavy (non-hydrogen) atoms. The molecule has 0 radical (unpaired) electrons. The summed E-state index contributed by atoms with van der Waals surface area (Å²) in [5, 5.41) is -0.331. The van der Waals surface area contributed by atoms with E-state index in [4.69, 9.17) is 32.9 Å². The highest BCUT2D eigenvalue weighted by molar-refractivity contribution is 8.14. The maximum Gasteiger partial charge on any atom is 0.226 e. The third-order valence-electron chi connectivity index (χ3n) is 3.21. The van der Waals surface area contributed by atoms with Crippen LogP contribution in [0.2, 0.25) is 0 Å². The molecule has 0 fully saturated rings. The number of carbonyl (C=O) groups is 1. The molecule has 0 atom stereocenters. The Morgan fingerprint density at radius 1 is 1.16 bits per heavy atom. The lowest BCUT2D eigenvalue weighted by Crippen LogP contribution is -2.01. The smallest absolute Gasteiger partial charge is 0.226 e. The number of allylic oxidation sites excluding steroid dienone is 2. The summed E-state index contributed by atoms with van der Waals surface area (Å²) in [5.74, 6) is 0.778. The molecule has 0 saturated carbocycles. The van der Waals surface area contributed by atoms with Crippen LogP contribution in [0.5, 0.6) is 5.75 Å². The summed E-state index contributed by atoms with van der Waals surface area (Å²) in [7, 11) is 1.63. The van der Waals surface area contributed by atoms with Gasteiger partial charge in [0.15, 0.2) is 4.84 Å². The summed E-state index contributed by atoms with van der Waals surface area (Å²) in [6, 6.07) is 15.0. The minimum Gasteiger partial charge on any atom is -0.497 e. The van der Waals surface area contributed by atoms with Gasteiger partial charge in [0.05, 0.1) is 18.5 Å². The second-order valence-electron chi connectivity index (χ2n) is 4.92. The summed E-state index contributed by atoms with van der Waals surface area (Å²) in [6.45, 7) is 1.93. The van der Waals surface area contributed by atoms with E-state index in [0.717, 1.165) is 28.8 Å². The molecule has 0 unspecified atom stereocenters. The third-order valence-corrected chi connectivity index (χ3v) is 4.86. The zero-order valence-corrected chi connectivity index (χ0v) is 16.1. The molecule has 0 saturated heterocycles. The number of benzene rings is 2. The number of methoxy groups -OCH3 is 1. The van der Waals surface area contributed by atoms with Gasteiger partial charge in [-0.1, -0.05) is 41.4 Å². The molecule has 0 aliphatic carbocycles. The number of rotatable bonds is 6. The predicted molar refractivity (Wildman–Crippen MR) is 107 cm³/mol. The number of aliphatic imine (C=N–C) groups is 1. The number of nitrogens with zero attached hydrogens (tertiary/aromatic N) is 1. The van der Waals surface area contributed by atoms with Crippen LogP contribution in [0.1, 0.15) is 12.5 Å². The van der Waals surface area contributed by atoms with Gasteiger partial charge in [0.25, 0.3) is 0 Å². The van der Waals surface area contributed by atoms with E-state index in [1.165, 1.54) is 0 Å². The second-order valence-corrected chi connectivity index (χ2v) is 7.06. The van der Waals surface area contributed by atoms with Gasteiger partial charge >= 0.3 is 0 Å². The summed E-state index contributed by atoms with van der Waals surface area (Å²) < 4.78 is 5.19. The maximum atomic E-state index is 11.8. The first-order chi connectivity index (χ1) is 12.0. The Kier molecular flexibility index (Phi) is 7.56. The first kappa shape index (κ1) is 19.6. The van der Waals surface area contributed by atoms with Gasteiger partial charge < -0.3 is 4.74 Å². The van der Waals surface area contributed by atoms with Gasteiger partial charge in [-0.3, -0.25) is 4.79 Å². The van der Waals surface area contributed by atoms with E-state index in [-0.39, 0.29) is 5.12 Å². The van der Waals surface area contributed by atoms with Crippen molar-refractivity contribution < 1.29 is 9.53 Å². The van der Waals surface area contributed by atoms with Crippen LogP contribution >= 0.6 is 35.0 Å². The number of hydrogen-bond donors (Lipinski definition) is 0. The summed E-state index contributed by atoms with van der Waals surface area (Å²) >= 11 is 12.3. The number of carbonyl (C=O) groups excluding carboxylic acids is 1. The third kappa shape index (κ3) is 5.63. The number of halogens is 2. The monoisotopic (exact) mass is 393 g/mol. The molecule has 0 N–H and O–H groups in total. The van der Waals surface area contributed by atoms with Crippen molar-refractivity contribution in [1.82, 2.24) is 0 Å². The highest BCUT2D eigenvalue weighted by Crippen LogP contribution is 2.32. The van der Waals surface area contributed by atoms with E-state index in [9.17, 15) is 4.79 Å². The van der Waals surface area contributed by atoms with Crippen LogP contribution in [-0.4, -0.2) is 22.8 Å². The van der Waals surface area contributed by atoms with Crippen molar-refractivity contribution in [2.75, 3.05) is 7.11 Å². The zero-order valence-electron chi connectivity index (χ0n) is 13.8. The molecule has 130 valence electrons. The van der Waals surface area contributed by atoms with Gasteiger partial charge in [0.1, 0.15) is 5.75 Å². The maximum absolute atomic E-state index is 11.8. The van der Waals surface area contributed by atoms with Crippen LogP contribution in [0, 0.1) is 0 Å². The van der Waals surface area contributed by atoms with Crippen molar-refractivity contribution in [3.63, 3.8) is 0 Å². The van der Waals surface area contributed by atoms with E-state index in [0.29, 0.717) is 10.6 Å². The lowest BCUT2D eigenvalue weighted by Gasteiger charge is -2.08. The average Bonchev–Trinajstić information content (AvgIpc) is 2.62. The quantitative estimate of drug-likeness (QED) is 0.352. The van der Waals surface area contributed by atoms with Crippen LogP contribution in [0.15, 0.2) is 70.6 Å². The highest BCUT2D eigenvalue weighted by atomic mass is 35.5. The number of ether oxygens (including phenoxy) is 1. The van der Waals surface area contributed by atoms with E-state index < -0.39 is 4.84 Å². The zero-order chi connectivity index (χ0) is 18.2. The average molecular weight is 394 g/mol. The molecular weight excluding hydrogens is 377 g/mol. The Bertz CT molecular complexity index is 786. The second kappa shape index (κ2) is 9.66. The first-order valence-electron chi connectivity index (χ1n) is 7.50. The number of para-hydroxylation sites is 1. The van der Waals surface area contributed by atoms with E-state index in [2.05, 4.69) is 0 Å². The fourth-order valence-electron chi connectivity index (χ4n) is 2.04. The minimum absolute atomic E-state index is 0.331. The summed E-state index contributed by atoms with van der Waals surface area (Å²) in [4.78, 5) is 16.2. The van der Waals surface area contributed by atoms with Crippen molar-refractivity contribution in [2.45, 2.75) is 16.7 Å². The molecule has 2 aromatic carbocycles. The molecule has 0 aliphatic rings. The predicted octanol–water partition coefficient (Wildman–Crippen LogP) is 5.81. The Morgan fingerprint density at radius 2 is 1.84 bits per heavy atom. The molecule has 0 spiro atoms. The standard InChI is InChI=1S/C19H17Cl2NO2S/c1-3-6-15(13-9-11-14(24-2)12-10-13)22-16-7-4-5-8-17(16)25-19(23)18(20)21/h3-12,18H,1-2H3/b6-3+,22-15?. The van der Waals surface area contributed by atoms with Crippen LogP contribution in [0.25, 0.3) is 0 Å². The van der Waals surface area contributed by atoms with Crippen LogP contribution < -0.4 is 4.74 Å². The molecule has 2 rings (SSSR count). The molecule has 0 bridgehead atoms. The summed E-state index contributed by atoms with van der Waals surface area (Å²) in [5.41, 5.74) is 2.40. The van der Waals surface area contributed by atoms with Crippen molar-refractivity contribution in [1.29, 1.82) is 0 Å². The number of hydrogen-bond acceptors (Lipinski definition) is 4. The molecule has 0 amide bonds. The highest BCUT2D eigenvalue weighted by Gasteiger charge is 2.15. The van der Waals surface area contributed by atoms with Crippen molar-refractivity contribution in [2.24, 2.45) is 4.99 Å². The summed E-state index contributed by atoms with van der Waals surface area (Å²) in [6.07, 6.45) is 3.83. The molecule has 0 aromatic heterocycles. The number of thioether (sulfide) groups is 1. The Labute approximate surface area is 161 Å². The van der Waals surface area contributed by atoms with Gasteiger partial charge in [-0.2, -0.15) is 0 Å². The van der Waals surface area contributed by atoms with Gasteiger partial charge in [-0.25, -0.2) is 4.99 Å². The SMILES string of the molecule is C/C=C/C(=Nc1ccccc1SC(=O)C(Cl)Cl)c1ccc(OC)cc1. The normalized spacial score (nSPS) is 12.0. The van der Waals surface area contributed by atoms with Crippen molar-refractivity contribution >= 4 is 51.5 Å². The lowest BCUT2D eigenvalue weighted by molar-refractivity contribution is -0.109. The molecule has 0 heterocycles. The lowest BCUT2D eigenvalue weighted by atomic mass is 10.1. The topological polar surface area (TPSA) is 38.7 Å². The molecule has 0 aliphatic heterocycles. The van der Waals surface area contributed by atoms with Crippen molar-refractivity contribution in [3.05, 3.63) is 66.2 Å². The Morgan fingerprint density at radius 3 is 2.44 bits per heavy atom. The van der Waals surface area contributed by atoms with Crippen LogP contribution in [-0.2, 0) is 4.79 Å². The fourth-order valence-corrected chi connectivity index (χ4v) is 2.97. The minimum atomic E-state index is -1.07. The van der Waals surface area contributed by atoms with Crippen molar-refractivity contribution in [3.8, 4) is 5.75 Å². The molecule has 3 nitrogen and oxygen atoms in total. The molecule has 2 aromatic rings. The van der Waals surface area contributed by atoms with E-state index in [1.807, 2.05) is 67.6 Å². The Hall–Kier alpha value is -1.75. The number of alkyl halides is 2. The van der Waals surface area contributed by atoms with Gasteiger partial charge in [-0.15, -0.1) is 0 Å². The van der Waals surface area contributed by atoms with Gasteiger partial charge in [-0.05, 0) is 61.2 Å².